The molecule has 1 rings (SSSR count). The van der Waals surface area contributed by atoms with Gasteiger partial charge in [0.25, 0.3) is 11.6 Å². The minimum atomic E-state index is -0.616. The molecule has 0 aliphatic carbocycles. The van der Waals surface area contributed by atoms with Crippen molar-refractivity contribution < 1.29 is 14.8 Å². The van der Waals surface area contributed by atoms with E-state index in [0.29, 0.717) is 0 Å². The normalized spacial score (nSPS) is 9.41. The lowest BCUT2D eigenvalue weighted by molar-refractivity contribution is -0.385. The first-order valence-electron chi connectivity index (χ1n) is 4.70. The summed E-state index contributed by atoms with van der Waals surface area (Å²) in [5, 5.41) is 22.0. The molecule has 0 aromatic heterocycles. The van der Waals surface area contributed by atoms with Gasteiger partial charge in [-0.1, -0.05) is 5.92 Å². The fourth-order valence-electron chi connectivity index (χ4n) is 1.26. The summed E-state index contributed by atoms with van der Waals surface area (Å²) in [7, 11) is 0. The number of hydrogen-bond acceptors (Lipinski definition) is 4. The molecule has 88 valence electrons. The van der Waals surface area contributed by atoms with E-state index in [9.17, 15) is 14.9 Å². The number of amides is 1. The third-order valence-corrected chi connectivity index (χ3v) is 2.06. The fourth-order valence-corrected chi connectivity index (χ4v) is 1.26. The zero-order valence-electron chi connectivity index (χ0n) is 8.84. The van der Waals surface area contributed by atoms with Crippen molar-refractivity contribution in [3.05, 3.63) is 39.4 Å². The van der Waals surface area contributed by atoms with Gasteiger partial charge in [0.2, 0.25) is 0 Å². The van der Waals surface area contributed by atoms with Crippen molar-refractivity contribution in [1.82, 2.24) is 5.32 Å². The van der Waals surface area contributed by atoms with Gasteiger partial charge in [-0.2, -0.15) is 0 Å². The topological polar surface area (TPSA) is 92.5 Å². The van der Waals surface area contributed by atoms with Crippen LogP contribution in [0.4, 0.5) is 5.69 Å². The number of aliphatic hydroxyl groups is 1. The van der Waals surface area contributed by atoms with E-state index < -0.39 is 17.4 Å². The lowest BCUT2D eigenvalue weighted by Gasteiger charge is -2.04. The van der Waals surface area contributed by atoms with Gasteiger partial charge in [0.1, 0.15) is 0 Å². The SMILES string of the molecule is C#CCNC(=O)c1ccc([N+](=O)[O-])c(CO)c1. The summed E-state index contributed by atoms with van der Waals surface area (Å²) < 4.78 is 0. The van der Waals surface area contributed by atoms with Crippen LogP contribution < -0.4 is 5.32 Å². The van der Waals surface area contributed by atoms with Crippen LogP contribution in [0.3, 0.4) is 0 Å². The number of nitrogens with zero attached hydrogens (tertiary/aromatic N) is 1. The molecule has 0 saturated heterocycles. The molecule has 1 amide bonds. The van der Waals surface area contributed by atoms with Gasteiger partial charge in [-0.3, -0.25) is 14.9 Å². The molecule has 0 radical (unpaired) electrons. The minimum absolute atomic E-state index is 0.0737. The Labute approximate surface area is 97.4 Å². The number of carbonyl (C=O) groups is 1. The largest absolute Gasteiger partial charge is 0.391 e. The first kappa shape index (κ1) is 12.7. The number of nitro benzene ring substituents is 1. The predicted molar refractivity (Wildman–Crippen MR) is 60.2 cm³/mol. The smallest absolute Gasteiger partial charge is 0.274 e. The monoisotopic (exact) mass is 234 g/mol. The quantitative estimate of drug-likeness (QED) is 0.449. The third kappa shape index (κ3) is 3.03. The van der Waals surface area contributed by atoms with E-state index in [1.807, 2.05) is 0 Å². The summed E-state index contributed by atoms with van der Waals surface area (Å²) in [6.45, 7) is -0.434. The molecule has 6 heteroatoms. The highest BCUT2D eigenvalue weighted by Gasteiger charge is 2.15. The van der Waals surface area contributed by atoms with E-state index in [4.69, 9.17) is 11.5 Å². The highest BCUT2D eigenvalue weighted by atomic mass is 16.6. The Morgan fingerprint density at radius 2 is 2.29 bits per heavy atom. The van der Waals surface area contributed by atoms with Gasteiger partial charge in [0, 0.05) is 11.6 Å². The molecule has 0 heterocycles. The summed E-state index contributed by atoms with van der Waals surface area (Å²) in [5.74, 6) is 1.80. The lowest BCUT2D eigenvalue weighted by Crippen LogP contribution is -2.23. The molecular formula is C11H10N2O4. The van der Waals surface area contributed by atoms with Crippen LogP contribution in [0.5, 0.6) is 0 Å². The average Bonchev–Trinajstić information content (AvgIpc) is 2.34. The molecule has 2 N–H and O–H groups in total. The minimum Gasteiger partial charge on any atom is -0.391 e. The molecule has 0 spiro atoms. The van der Waals surface area contributed by atoms with Crippen LogP contribution in [0.25, 0.3) is 0 Å². The summed E-state index contributed by atoms with van der Waals surface area (Å²) in [6.07, 6.45) is 4.98. The fraction of sp³-hybridized carbons (Fsp3) is 0.182. The van der Waals surface area contributed by atoms with Gasteiger partial charge in [-0.15, -0.1) is 6.42 Å². The van der Waals surface area contributed by atoms with Crippen LogP contribution in [-0.4, -0.2) is 22.5 Å². The van der Waals surface area contributed by atoms with Gasteiger partial charge in [0.15, 0.2) is 0 Å². The number of nitro groups is 1. The lowest BCUT2D eigenvalue weighted by atomic mass is 10.1. The molecule has 17 heavy (non-hydrogen) atoms. The van der Waals surface area contributed by atoms with Crippen LogP contribution >= 0.6 is 0 Å². The van der Waals surface area contributed by atoms with Crippen molar-refractivity contribution >= 4 is 11.6 Å². The number of terminal acetylenes is 1. The third-order valence-electron chi connectivity index (χ3n) is 2.06. The molecule has 0 unspecified atom stereocenters. The Hall–Kier alpha value is -2.39. The summed E-state index contributed by atoms with van der Waals surface area (Å²) >= 11 is 0. The van der Waals surface area contributed by atoms with Gasteiger partial charge in [0.05, 0.1) is 23.6 Å². The molecule has 1 aromatic carbocycles. The Kier molecular flexibility index (Phi) is 4.20. The molecule has 0 saturated carbocycles. The Bertz CT molecular complexity index is 491. The van der Waals surface area contributed by atoms with E-state index in [2.05, 4.69) is 11.2 Å². The van der Waals surface area contributed by atoms with Crippen molar-refractivity contribution in [3.63, 3.8) is 0 Å². The summed E-state index contributed by atoms with van der Waals surface area (Å²) in [5.41, 5.74) is 0.0826. The highest BCUT2D eigenvalue weighted by Crippen LogP contribution is 2.19. The van der Waals surface area contributed by atoms with Gasteiger partial charge in [-0.25, -0.2) is 0 Å². The molecule has 0 atom stereocenters. The second-order valence-electron chi connectivity index (χ2n) is 3.15. The van der Waals surface area contributed by atoms with E-state index in [0.717, 1.165) is 0 Å². The number of benzene rings is 1. The predicted octanol–water partition coefficient (Wildman–Crippen LogP) is 0.450. The van der Waals surface area contributed by atoms with E-state index in [1.54, 1.807) is 0 Å². The second-order valence-corrected chi connectivity index (χ2v) is 3.15. The molecule has 0 bridgehead atoms. The van der Waals surface area contributed by atoms with Crippen molar-refractivity contribution in [2.45, 2.75) is 6.61 Å². The van der Waals surface area contributed by atoms with Crippen molar-refractivity contribution in [1.29, 1.82) is 0 Å². The number of hydrogen-bond donors (Lipinski definition) is 2. The van der Waals surface area contributed by atoms with Crippen LogP contribution in [0, 0.1) is 22.5 Å². The summed E-state index contributed by atoms with van der Waals surface area (Å²) in [4.78, 5) is 21.5. The second kappa shape index (κ2) is 5.63. The van der Waals surface area contributed by atoms with Crippen LogP contribution in [0.2, 0.25) is 0 Å². The molecular weight excluding hydrogens is 224 g/mol. The maximum Gasteiger partial charge on any atom is 0.274 e. The number of nitrogens with one attached hydrogen (secondary N) is 1. The van der Waals surface area contributed by atoms with Gasteiger partial charge >= 0.3 is 0 Å². The van der Waals surface area contributed by atoms with Crippen LogP contribution in [0.1, 0.15) is 15.9 Å². The van der Waals surface area contributed by atoms with E-state index in [1.165, 1.54) is 18.2 Å². The average molecular weight is 234 g/mol. The molecule has 0 aliphatic heterocycles. The first-order chi connectivity index (χ1) is 8.10. The summed E-state index contributed by atoms with van der Waals surface area (Å²) in [6, 6.07) is 3.75. The van der Waals surface area contributed by atoms with Crippen LogP contribution in [0.15, 0.2) is 18.2 Å². The van der Waals surface area contributed by atoms with Crippen LogP contribution in [-0.2, 0) is 6.61 Å². The zero-order chi connectivity index (χ0) is 12.8. The maximum absolute atomic E-state index is 11.5. The van der Waals surface area contributed by atoms with E-state index in [-0.39, 0.29) is 23.4 Å². The molecule has 0 aliphatic rings. The zero-order valence-corrected chi connectivity index (χ0v) is 8.84. The molecule has 0 fully saturated rings. The van der Waals surface area contributed by atoms with Crippen molar-refractivity contribution in [2.75, 3.05) is 6.54 Å². The Morgan fingerprint density at radius 3 is 2.82 bits per heavy atom. The van der Waals surface area contributed by atoms with Gasteiger partial charge < -0.3 is 10.4 Å². The molecule has 6 nitrogen and oxygen atoms in total. The Morgan fingerprint density at radius 1 is 1.59 bits per heavy atom. The maximum atomic E-state index is 11.5. The number of carbonyl (C=O) groups excluding carboxylic acids is 1. The van der Waals surface area contributed by atoms with Gasteiger partial charge in [-0.05, 0) is 12.1 Å². The van der Waals surface area contributed by atoms with Crippen molar-refractivity contribution in [2.24, 2.45) is 0 Å². The number of aliphatic hydroxyl groups excluding tert-OH is 1. The number of rotatable bonds is 4. The first-order valence-corrected chi connectivity index (χ1v) is 4.70. The van der Waals surface area contributed by atoms with E-state index >= 15 is 0 Å². The molecule has 1 aromatic rings. The standard InChI is InChI=1S/C11H10N2O4/c1-2-5-12-11(15)8-3-4-10(13(16)17)9(6-8)7-14/h1,3-4,6,14H,5,7H2,(H,12,15). The van der Waals surface area contributed by atoms with Crippen molar-refractivity contribution in [3.8, 4) is 12.3 Å². The highest BCUT2D eigenvalue weighted by molar-refractivity contribution is 5.94. The Balaban J connectivity index is 3.02.